The molecule has 3 rings (SSSR count). The van der Waals surface area contributed by atoms with Gasteiger partial charge in [-0.05, 0) is 30.2 Å². The standard InChI is InChI=1S/C21H23N3O3/c1-15-8-9-19(27-2)18(14-15)22-20(25)10-11-21(26)24-13-12-17(23-24)16-6-4-3-5-7-16/h3-9,14H,10-13H2,1-2H3,(H,22,25). The van der Waals surface area contributed by atoms with Crippen molar-refractivity contribution in [3.05, 3.63) is 59.7 Å². The minimum Gasteiger partial charge on any atom is -0.495 e. The molecule has 0 bridgehead atoms. The zero-order chi connectivity index (χ0) is 19.2. The maximum atomic E-state index is 12.4. The van der Waals surface area contributed by atoms with Crippen molar-refractivity contribution in [1.29, 1.82) is 0 Å². The first-order valence-corrected chi connectivity index (χ1v) is 8.94. The van der Waals surface area contributed by atoms with Crippen LogP contribution in [-0.2, 0) is 9.59 Å². The third-order valence-corrected chi connectivity index (χ3v) is 4.39. The number of ether oxygens (including phenoxy) is 1. The maximum Gasteiger partial charge on any atom is 0.243 e. The van der Waals surface area contributed by atoms with E-state index in [0.717, 1.165) is 23.3 Å². The topological polar surface area (TPSA) is 71.0 Å². The fourth-order valence-corrected chi connectivity index (χ4v) is 2.95. The third-order valence-electron chi connectivity index (χ3n) is 4.39. The highest BCUT2D eigenvalue weighted by Crippen LogP contribution is 2.25. The van der Waals surface area contributed by atoms with Crippen LogP contribution in [0.25, 0.3) is 0 Å². The number of carbonyl (C=O) groups excluding carboxylic acids is 2. The molecule has 6 heteroatoms. The second-order valence-corrected chi connectivity index (χ2v) is 6.43. The van der Waals surface area contributed by atoms with E-state index in [2.05, 4.69) is 10.4 Å². The first-order valence-electron chi connectivity index (χ1n) is 8.94. The zero-order valence-electron chi connectivity index (χ0n) is 15.6. The van der Waals surface area contributed by atoms with Gasteiger partial charge in [-0.15, -0.1) is 0 Å². The van der Waals surface area contributed by atoms with Crippen LogP contribution >= 0.6 is 0 Å². The average molecular weight is 365 g/mol. The van der Waals surface area contributed by atoms with Crippen LogP contribution in [0.15, 0.2) is 53.6 Å². The number of rotatable bonds is 6. The van der Waals surface area contributed by atoms with E-state index >= 15 is 0 Å². The quantitative estimate of drug-likeness (QED) is 0.853. The number of anilines is 1. The molecular weight excluding hydrogens is 342 g/mol. The van der Waals surface area contributed by atoms with Crippen molar-refractivity contribution < 1.29 is 14.3 Å². The lowest BCUT2D eigenvalue weighted by Crippen LogP contribution is -2.25. The molecule has 2 aromatic rings. The molecule has 2 aromatic carbocycles. The number of hydrazone groups is 1. The molecule has 1 heterocycles. The molecule has 0 atom stereocenters. The van der Waals surface area contributed by atoms with Gasteiger partial charge >= 0.3 is 0 Å². The Morgan fingerprint density at radius 3 is 2.67 bits per heavy atom. The van der Waals surface area contributed by atoms with Crippen LogP contribution in [0.5, 0.6) is 5.75 Å². The molecular formula is C21H23N3O3. The van der Waals surface area contributed by atoms with Crippen molar-refractivity contribution in [3.8, 4) is 5.75 Å². The Kier molecular flexibility index (Phi) is 5.86. The van der Waals surface area contributed by atoms with Crippen LogP contribution < -0.4 is 10.1 Å². The Bertz CT molecular complexity index is 862. The number of methoxy groups -OCH3 is 1. The van der Waals surface area contributed by atoms with Crippen LogP contribution in [0.4, 0.5) is 5.69 Å². The van der Waals surface area contributed by atoms with Gasteiger partial charge in [0.1, 0.15) is 5.75 Å². The Morgan fingerprint density at radius 1 is 1.15 bits per heavy atom. The predicted molar refractivity (Wildman–Crippen MR) is 105 cm³/mol. The molecule has 0 unspecified atom stereocenters. The fraction of sp³-hybridized carbons (Fsp3) is 0.286. The Morgan fingerprint density at radius 2 is 1.93 bits per heavy atom. The van der Waals surface area contributed by atoms with Gasteiger partial charge in [-0.2, -0.15) is 5.10 Å². The van der Waals surface area contributed by atoms with Gasteiger partial charge in [-0.25, -0.2) is 5.01 Å². The lowest BCUT2D eigenvalue weighted by Gasteiger charge is -2.13. The fourth-order valence-electron chi connectivity index (χ4n) is 2.95. The zero-order valence-corrected chi connectivity index (χ0v) is 15.6. The molecule has 140 valence electrons. The lowest BCUT2D eigenvalue weighted by atomic mass is 10.1. The number of amides is 2. The Hall–Kier alpha value is -3.15. The van der Waals surface area contributed by atoms with Crippen LogP contribution in [0.3, 0.4) is 0 Å². The summed E-state index contributed by atoms with van der Waals surface area (Å²) in [5.74, 6) is 0.225. The van der Waals surface area contributed by atoms with Gasteiger partial charge in [0.25, 0.3) is 0 Å². The molecule has 27 heavy (non-hydrogen) atoms. The number of nitrogens with one attached hydrogen (secondary N) is 1. The minimum absolute atomic E-state index is 0.0998. The summed E-state index contributed by atoms with van der Waals surface area (Å²) in [5.41, 5.74) is 3.55. The lowest BCUT2D eigenvalue weighted by molar-refractivity contribution is -0.132. The number of hydrogen-bond donors (Lipinski definition) is 1. The molecule has 1 aliphatic rings. The first kappa shape index (κ1) is 18.6. The summed E-state index contributed by atoms with van der Waals surface area (Å²) in [6.07, 6.45) is 0.941. The number of aryl methyl sites for hydroxylation is 1. The van der Waals surface area contributed by atoms with Crippen LogP contribution in [-0.4, -0.2) is 36.2 Å². The van der Waals surface area contributed by atoms with Gasteiger partial charge < -0.3 is 10.1 Å². The summed E-state index contributed by atoms with van der Waals surface area (Å²) in [7, 11) is 1.56. The largest absolute Gasteiger partial charge is 0.495 e. The van der Waals surface area contributed by atoms with Crippen molar-refractivity contribution >= 4 is 23.2 Å². The SMILES string of the molecule is COc1ccc(C)cc1NC(=O)CCC(=O)N1CCC(c2ccccc2)=N1. The van der Waals surface area contributed by atoms with E-state index in [-0.39, 0.29) is 24.7 Å². The molecule has 1 N–H and O–H groups in total. The van der Waals surface area contributed by atoms with E-state index < -0.39 is 0 Å². The highest BCUT2D eigenvalue weighted by Gasteiger charge is 2.22. The summed E-state index contributed by atoms with van der Waals surface area (Å²) in [6.45, 7) is 2.49. The van der Waals surface area contributed by atoms with Gasteiger partial charge in [0.2, 0.25) is 11.8 Å². The Labute approximate surface area is 158 Å². The number of carbonyl (C=O) groups is 2. The van der Waals surface area contributed by atoms with E-state index in [0.29, 0.717) is 18.0 Å². The smallest absolute Gasteiger partial charge is 0.243 e. The van der Waals surface area contributed by atoms with Crippen LogP contribution in [0.1, 0.15) is 30.4 Å². The van der Waals surface area contributed by atoms with Crippen molar-refractivity contribution in [1.82, 2.24) is 5.01 Å². The third kappa shape index (κ3) is 4.73. The molecule has 0 spiro atoms. The molecule has 0 aliphatic carbocycles. The Balaban J connectivity index is 1.54. The first-order chi connectivity index (χ1) is 13.1. The molecule has 0 saturated carbocycles. The van der Waals surface area contributed by atoms with E-state index in [9.17, 15) is 9.59 Å². The summed E-state index contributed by atoms with van der Waals surface area (Å²) >= 11 is 0. The average Bonchev–Trinajstić information content (AvgIpc) is 3.17. The van der Waals surface area contributed by atoms with Crippen molar-refractivity contribution in [2.75, 3.05) is 19.0 Å². The summed E-state index contributed by atoms with van der Waals surface area (Å²) in [6, 6.07) is 15.4. The van der Waals surface area contributed by atoms with Gasteiger partial charge in [0, 0.05) is 19.3 Å². The summed E-state index contributed by atoms with van der Waals surface area (Å²) in [4.78, 5) is 24.6. The molecule has 6 nitrogen and oxygen atoms in total. The highest BCUT2D eigenvalue weighted by molar-refractivity contribution is 6.03. The van der Waals surface area contributed by atoms with E-state index in [1.807, 2.05) is 49.4 Å². The van der Waals surface area contributed by atoms with Gasteiger partial charge in [0.05, 0.1) is 25.1 Å². The van der Waals surface area contributed by atoms with E-state index in [1.54, 1.807) is 13.2 Å². The molecule has 1 aliphatic heterocycles. The number of hydrogen-bond acceptors (Lipinski definition) is 4. The molecule has 2 amide bonds. The second kappa shape index (κ2) is 8.49. The number of nitrogens with zero attached hydrogens (tertiary/aromatic N) is 2. The van der Waals surface area contributed by atoms with Crippen LogP contribution in [0, 0.1) is 6.92 Å². The van der Waals surface area contributed by atoms with E-state index in [1.165, 1.54) is 5.01 Å². The van der Waals surface area contributed by atoms with Gasteiger partial charge in [-0.3, -0.25) is 9.59 Å². The molecule has 0 aromatic heterocycles. The minimum atomic E-state index is -0.223. The van der Waals surface area contributed by atoms with Gasteiger partial charge in [-0.1, -0.05) is 36.4 Å². The molecule has 0 fully saturated rings. The predicted octanol–water partition coefficient (Wildman–Crippen LogP) is 3.36. The monoisotopic (exact) mass is 365 g/mol. The van der Waals surface area contributed by atoms with Crippen LogP contribution in [0.2, 0.25) is 0 Å². The van der Waals surface area contributed by atoms with E-state index in [4.69, 9.17) is 4.74 Å². The number of benzene rings is 2. The normalized spacial score (nSPS) is 13.3. The van der Waals surface area contributed by atoms with Crippen molar-refractivity contribution in [2.24, 2.45) is 5.10 Å². The van der Waals surface area contributed by atoms with Crippen molar-refractivity contribution in [2.45, 2.75) is 26.2 Å². The molecule has 0 saturated heterocycles. The summed E-state index contributed by atoms with van der Waals surface area (Å²) < 4.78 is 5.25. The maximum absolute atomic E-state index is 12.4. The summed E-state index contributed by atoms with van der Waals surface area (Å²) in [5, 5.41) is 8.68. The van der Waals surface area contributed by atoms with Gasteiger partial charge in [0.15, 0.2) is 0 Å². The second-order valence-electron chi connectivity index (χ2n) is 6.43. The molecule has 0 radical (unpaired) electrons. The highest BCUT2D eigenvalue weighted by atomic mass is 16.5. The van der Waals surface area contributed by atoms with Crippen molar-refractivity contribution in [3.63, 3.8) is 0 Å².